The standard InChI is InChI=1S/C13H24/c1-7-8-11(2)9-10-12(3)13(4,5)6/h9-10H,7-8H2,1-6H3. The lowest BCUT2D eigenvalue weighted by molar-refractivity contribution is 0.504. The van der Waals surface area contributed by atoms with E-state index in [4.69, 9.17) is 0 Å². The number of hydrogen-bond acceptors (Lipinski definition) is 0. The van der Waals surface area contributed by atoms with E-state index in [1.807, 2.05) is 0 Å². The van der Waals surface area contributed by atoms with Crippen molar-refractivity contribution >= 4 is 0 Å². The number of hydrogen-bond donors (Lipinski definition) is 0. The van der Waals surface area contributed by atoms with Gasteiger partial charge in [-0.2, -0.15) is 0 Å². The zero-order valence-electron chi connectivity index (χ0n) is 10.1. The predicted molar refractivity (Wildman–Crippen MR) is 61.9 cm³/mol. The third-order valence-corrected chi connectivity index (χ3v) is 2.45. The molecule has 0 N–H and O–H groups in total. The largest absolute Gasteiger partial charge is 0.0733 e. The van der Waals surface area contributed by atoms with Gasteiger partial charge in [-0.3, -0.25) is 0 Å². The molecule has 0 aromatic carbocycles. The van der Waals surface area contributed by atoms with Crippen LogP contribution < -0.4 is 0 Å². The lowest BCUT2D eigenvalue weighted by atomic mass is 9.87. The highest BCUT2D eigenvalue weighted by molar-refractivity contribution is 5.19. The molecule has 0 heterocycles. The first kappa shape index (κ1) is 12.5. The molecule has 0 aliphatic carbocycles. The summed E-state index contributed by atoms with van der Waals surface area (Å²) in [4.78, 5) is 0. The summed E-state index contributed by atoms with van der Waals surface area (Å²) in [5.74, 6) is 0. The van der Waals surface area contributed by atoms with Crippen LogP contribution in [0.5, 0.6) is 0 Å². The fraction of sp³-hybridized carbons (Fsp3) is 0.692. The molecule has 0 heteroatoms. The van der Waals surface area contributed by atoms with Crippen molar-refractivity contribution in [2.45, 2.75) is 54.4 Å². The molecule has 0 aliphatic rings. The molecule has 0 aromatic rings. The van der Waals surface area contributed by atoms with Crippen LogP contribution in [-0.2, 0) is 0 Å². The summed E-state index contributed by atoms with van der Waals surface area (Å²) in [6.45, 7) is 13.4. The van der Waals surface area contributed by atoms with Crippen LogP contribution in [-0.4, -0.2) is 0 Å². The smallest absolute Gasteiger partial charge is 0.0173 e. The summed E-state index contributed by atoms with van der Waals surface area (Å²) < 4.78 is 0. The van der Waals surface area contributed by atoms with Crippen LogP contribution in [0.1, 0.15) is 54.4 Å². The minimum absolute atomic E-state index is 0.309. The summed E-state index contributed by atoms with van der Waals surface area (Å²) in [5, 5.41) is 0. The summed E-state index contributed by atoms with van der Waals surface area (Å²) in [6, 6.07) is 0. The van der Waals surface area contributed by atoms with Gasteiger partial charge in [-0.05, 0) is 25.7 Å². The molecule has 76 valence electrons. The van der Waals surface area contributed by atoms with Crippen LogP contribution in [0.4, 0.5) is 0 Å². The second-order valence-electron chi connectivity index (χ2n) is 4.86. The van der Waals surface area contributed by atoms with Crippen molar-refractivity contribution < 1.29 is 0 Å². The SMILES string of the molecule is CCCC(C)=CC=C(C)C(C)(C)C. The molecule has 13 heavy (non-hydrogen) atoms. The van der Waals surface area contributed by atoms with Gasteiger partial charge in [0, 0.05) is 0 Å². The van der Waals surface area contributed by atoms with E-state index >= 15 is 0 Å². The molecule has 0 unspecified atom stereocenters. The first-order valence-corrected chi connectivity index (χ1v) is 5.22. The average Bonchev–Trinajstić information content (AvgIpc) is 1.99. The van der Waals surface area contributed by atoms with Crippen LogP contribution in [0.25, 0.3) is 0 Å². The van der Waals surface area contributed by atoms with Crippen molar-refractivity contribution in [2.24, 2.45) is 5.41 Å². The Kier molecular flexibility index (Phi) is 5.05. The van der Waals surface area contributed by atoms with Gasteiger partial charge < -0.3 is 0 Å². The van der Waals surface area contributed by atoms with Gasteiger partial charge in [0.2, 0.25) is 0 Å². The Morgan fingerprint density at radius 2 is 1.62 bits per heavy atom. The average molecular weight is 180 g/mol. The van der Waals surface area contributed by atoms with E-state index in [0.29, 0.717) is 5.41 Å². The van der Waals surface area contributed by atoms with Crippen molar-refractivity contribution in [3.05, 3.63) is 23.3 Å². The van der Waals surface area contributed by atoms with Gasteiger partial charge in [0.15, 0.2) is 0 Å². The molecule has 0 aliphatic heterocycles. The van der Waals surface area contributed by atoms with Crippen molar-refractivity contribution in [3.63, 3.8) is 0 Å². The molecule has 0 bridgehead atoms. The van der Waals surface area contributed by atoms with Crippen LogP contribution in [0.3, 0.4) is 0 Å². The maximum Gasteiger partial charge on any atom is -0.0173 e. The van der Waals surface area contributed by atoms with Crippen LogP contribution in [0, 0.1) is 5.41 Å². The number of allylic oxidation sites excluding steroid dienone is 4. The van der Waals surface area contributed by atoms with E-state index in [-0.39, 0.29) is 0 Å². The minimum Gasteiger partial charge on any atom is -0.0733 e. The molecule has 0 amide bonds. The van der Waals surface area contributed by atoms with Gasteiger partial charge in [0.1, 0.15) is 0 Å². The molecule has 0 rings (SSSR count). The van der Waals surface area contributed by atoms with E-state index in [1.54, 1.807) is 0 Å². The molecule has 0 spiro atoms. The zero-order chi connectivity index (χ0) is 10.5. The predicted octanol–water partition coefficient (Wildman–Crippen LogP) is 4.73. The van der Waals surface area contributed by atoms with E-state index in [0.717, 1.165) is 0 Å². The normalized spacial score (nSPS) is 14.9. The Morgan fingerprint density at radius 3 is 2.00 bits per heavy atom. The molecular formula is C13H24. The van der Waals surface area contributed by atoms with Crippen LogP contribution in [0.15, 0.2) is 23.3 Å². The Morgan fingerprint density at radius 1 is 1.08 bits per heavy atom. The maximum absolute atomic E-state index is 2.25. The fourth-order valence-electron chi connectivity index (χ4n) is 0.995. The van der Waals surface area contributed by atoms with Gasteiger partial charge in [-0.15, -0.1) is 0 Å². The summed E-state index contributed by atoms with van der Waals surface area (Å²) >= 11 is 0. The van der Waals surface area contributed by atoms with Crippen LogP contribution in [0.2, 0.25) is 0 Å². The highest BCUT2D eigenvalue weighted by Crippen LogP contribution is 2.24. The van der Waals surface area contributed by atoms with E-state index in [2.05, 4.69) is 53.7 Å². The molecule has 0 saturated carbocycles. The highest BCUT2D eigenvalue weighted by Gasteiger charge is 2.10. The molecule has 0 atom stereocenters. The van der Waals surface area contributed by atoms with Gasteiger partial charge in [0.25, 0.3) is 0 Å². The molecule has 0 radical (unpaired) electrons. The van der Waals surface area contributed by atoms with Crippen molar-refractivity contribution in [2.75, 3.05) is 0 Å². The molecular weight excluding hydrogens is 156 g/mol. The van der Waals surface area contributed by atoms with Gasteiger partial charge in [-0.25, -0.2) is 0 Å². The van der Waals surface area contributed by atoms with Gasteiger partial charge >= 0.3 is 0 Å². The lowest BCUT2D eigenvalue weighted by Crippen LogP contribution is -2.05. The third-order valence-electron chi connectivity index (χ3n) is 2.45. The molecule has 0 nitrogen and oxygen atoms in total. The minimum atomic E-state index is 0.309. The third kappa shape index (κ3) is 5.68. The molecule has 0 fully saturated rings. The monoisotopic (exact) mass is 180 g/mol. The Labute approximate surface area is 83.7 Å². The zero-order valence-corrected chi connectivity index (χ0v) is 10.1. The maximum atomic E-state index is 2.25. The second kappa shape index (κ2) is 5.26. The highest BCUT2D eigenvalue weighted by atomic mass is 14.2. The topological polar surface area (TPSA) is 0 Å². The first-order valence-electron chi connectivity index (χ1n) is 5.22. The van der Waals surface area contributed by atoms with Crippen LogP contribution >= 0.6 is 0 Å². The van der Waals surface area contributed by atoms with Gasteiger partial charge in [0.05, 0.1) is 0 Å². The van der Waals surface area contributed by atoms with Crippen molar-refractivity contribution in [1.82, 2.24) is 0 Å². The van der Waals surface area contributed by atoms with Crippen molar-refractivity contribution in [1.29, 1.82) is 0 Å². The first-order chi connectivity index (χ1) is 5.88. The number of rotatable bonds is 3. The van der Waals surface area contributed by atoms with Gasteiger partial charge in [-0.1, -0.05) is 57.4 Å². The Balaban J connectivity index is 4.33. The lowest BCUT2D eigenvalue weighted by Gasteiger charge is -2.18. The quantitative estimate of drug-likeness (QED) is 0.551. The summed E-state index contributed by atoms with van der Waals surface area (Å²) in [6.07, 6.45) is 6.97. The van der Waals surface area contributed by atoms with E-state index < -0.39 is 0 Å². The second-order valence-corrected chi connectivity index (χ2v) is 4.86. The summed E-state index contributed by atoms with van der Waals surface area (Å²) in [5.41, 5.74) is 3.23. The molecule has 0 saturated heterocycles. The van der Waals surface area contributed by atoms with E-state index in [1.165, 1.54) is 24.0 Å². The fourth-order valence-corrected chi connectivity index (χ4v) is 0.995. The Hall–Kier alpha value is -0.520. The van der Waals surface area contributed by atoms with E-state index in [9.17, 15) is 0 Å². The summed E-state index contributed by atoms with van der Waals surface area (Å²) in [7, 11) is 0. The Bertz CT molecular complexity index is 199. The van der Waals surface area contributed by atoms with Crippen molar-refractivity contribution in [3.8, 4) is 0 Å². The molecule has 0 aromatic heterocycles.